The van der Waals surface area contributed by atoms with E-state index in [0.717, 1.165) is 10.2 Å². The Morgan fingerprint density at radius 2 is 1.80 bits per heavy atom. The van der Waals surface area contributed by atoms with Crippen LogP contribution in [0.2, 0.25) is 5.02 Å². The summed E-state index contributed by atoms with van der Waals surface area (Å²) in [6, 6.07) is 11.0. The van der Waals surface area contributed by atoms with E-state index >= 15 is 0 Å². The van der Waals surface area contributed by atoms with Crippen LogP contribution in [0, 0.1) is 10.1 Å². The topological polar surface area (TPSA) is 99.3 Å². The number of anilines is 1. The molecule has 8 nitrogen and oxygen atoms in total. The van der Waals surface area contributed by atoms with Crippen molar-refractivity contribution in [1.29, 1.82) is 0 Å². The Kier molecular flexibility index (Phi) is 6.26. The summed E-state index contributed by atoms with van der Waals surface area (Å²) in [5.41, 5.74) is 0.618. The highest BCUT2D eigenvalue weighted by Gasteiger charge is 2.15. The van der Waals surface area contributed by atoms with Crippen molar-refractivity contribution in [2.24, 2.45) is 0 Å². The molecule has 0 saturated carbocycles. The van der Waals surface area contributed by atoms with Crippen molar-refractivity contribution in [3.8, 4) is 11.4 Å². The normalized spacial score (nSPS) is 11.9. The number of nitro groups is 1. The fourth-order valence-corrected chi connectivity index (χ4v) is 2.87. The SMILES string of the molecule is CC(Nc1cnn(-c2ccc([N+](=O)[O-])cc2)c(=O)c1Cl)c1ccc(OC(F)F)cc1. The van der Waals surface area contributed by atoms with Gasteiger partial charge < -0.3 is 10.1 Å². The molecule has 0 fully saturated rings. The van der Waals surface area contributed by atoms with Gasteiger partial charge in [-0.2, -0.15) is 18.6 Å². The maximum absolute atomic E-state index is 12.6. The lowest BCUT2D eigenvalue weighted by molar-refractivity contribution is -0.384. The molecule has 0 amide bonds. The molecule has 3 aromatic rings. The quantitative estimate of drug-likeness (QED) is 0.430. The zero-order chi connectivity index (χ0) is 21.8. The molecule has 1 atom stereocenters. The predicted molar refractivity (Wildman–Crippen MR) is 107 cm³/mol. The van der Waals surface area contributed by atoms with Crippen molar-refractivity contribution in [1.82, 2.24) is 9.78 Å². The minimum atomic E-state index is -2.90. The smallest absolute Gasteiger partial charge is 0.387 e. The molecule has 1 unspecified atom stereocenters. The summed E-state index contributed by atoms with van der Waals surface area (Å²) in [5, 5.41) is 17.7. The Balaban J connectivity index is 1.79. The monoisotopic (exact) mass is 436 g/mol. The maximum atomic E-state index is 12.6. The highest BCUT2D eigenvalue weighted by molar-refractivity contribution is 6.33. The van der Waals surface area contributed by atoms with Crippen LogP contribution < -0.4 is 15.6 Å². The Morgan fingerprint density at radius 1 is 1.17 bits per heavy atom. The van der Waals surface area contributed by atoms with Gasteiger partial charge in [0.05, 0.1) is 22.5 Å². The van der Waals surface area contributed by atoms with Crippen LogP contribution in [-0.2, 0) is 0 Å². The molecule has 1 aromatic heterocycles. The second-order valence-corrected chi connectivity index (χ2v) is 6.55. The number of rotatable bonds is 7. The van der Waals surface area contributed by atoms with Crippen LogP contribution in [-0.4, -0.2) is 21.3 Å². The molecule has 0 spiro atoms. The molecule has 1 N–H and O–H groups in total. The van der Waals surface area contributed by atoms with E-state index in [4.69, 9.17) is 11.6 Å². The van der Waals surface area contributed by atoms with Crippen LogP contribution in [0.3, 0.4) is 0 Å². The van der Waals surface area contributed by atoms with E-state index in [1.807, 2.05) is 0 Å². The molecule has 2 aromatic carbocycles. The molecule has 0 radical (unpaired) electrons. The molecule has 11 heteroatoms. The molecular weight excluding hydrogens is 422 g/mol. The van der Waals surface area contributed by atoms with Gasteiger partial charge in [0.25, 0.3) is 11.2 Å². The fraction of sp³-hybridized carbons (Fsp3) is 0.158. The third-order valence-electron chi connectivity index (χ3n) is 4.20. The van der Waals surface area contributed by atoms with Crippen LogP contribution in [0.25, 0.3) is 5.69 Å². The van der Waals surface area contributed by atoms with E-state index < -0.39 is 17.1 Å². The standard InChI is InChI=1S/C19H15ClF2N4O4/c1-11(12-2-8-15(9-3-12)30-19(21)22)24-16-10-23-25(18(27)17(16)20)13-4-6-14(7-5-13)26(28)29/h2-11,19,24H,1H3. The van der Waals surface area contributed by atoms with E-state index in [1.165, 1.54) is 42.6 Å². The van der Waals surface area contributed by atoms with Crippen molar-refractivity contribution >= 4 is 23.0 Å². The first-order chi connectivity index (χ1) is 14.3. The number of alkyl halides is 2. The first-order valence-corrected chi connectivity index (χ1v) is 8.98. The average molecular weight is 437 g/mol. The minimum absolute atomic E-state index is 0.0337. The minimum Gasteiger partial charge on any atom is -0.435 e. The molecule has 0 aliphatic carbocycles. The lowest BCUT2D eigenvalue weighted by Crippen LogP contribution is -2.23. The molecule has 1 heterocycles. The summed E-state index contributed by atoms with van der Waals surface area (Å²) in [6.45, 7) is -1.11. The van der Waals surface area contributed by atoms with Gasteiger partial charge in [0.2, 0.25) is 0 Å². The summed E-state index contributed by atoms with van der Waals surface area (Å²) in [7, 11) is 0. The van der Waals surface area contributed by atoms with Crippen molar-refractivity contribution in [3.05, 3.63) is 85.8 Å². The number of non-ortho nitro benzene ring substituents is 1. The van der Waals surface area contributed by atoms with Gasteiger partial charge in [0, 0.05) is 18.2 Å². The van der Waals surface area contributed by atoms with Gasteiger partial charge in [0.15, 0.2) is 0 Å². The van der Waals surface area contributed by atoms with Gasteiger partial charge in [-0.05, 0) is 36.8 Å². The largest absolute Gasteiger partial charge is 0.435 e. The Labute approximate surface area is 173 Å². The number of ether oxygens (including phenoxy) is 1. The van der Waals surface area contributed by atoms with Crippen LogP contribution in [0.1, 0.15) is 18.5 Å². The molecular formula is C19H15ClF2N4O4. The van der Waals surface area contributed by atoms with Gasteiger partial charge in [-0.1, -0.05) is 23.7 Å². The Hall–Kier alpha value is -3.53. The van der Waals surface area contributed by atoms with Crippen molar-refractivity contribution in [2.45, 2.75) is 19.6 Å². The van der Waals surface area contributed by atoms with E-state index in [1.54, 1.807) is 19.1 Å². The Bertz CT molecular complexity index is 1110. The molecule has 0 saturated heterocycles. The summed E-state index contributed by atoms with van der Waals surface area (Å²) >= 11 is 6.20. The molecule has 0 aliphatic heterocycles. The number of nitrogens with one attached hydrogen (secondary N) is 1. The average Bonchev–Trinajstić information content (AvgIpc) is 2.71. The zero-order valence-electron chi connectivity index (χ0n) is 15.5. The second kappa shape index (κ2) is 8.87. The summed E-state index contributed by atoms with van der Waals surface area (Å²) in [5.74, 6) is 0.0337. The molecule has 0 bridgehead atoms. The van der Waals surface area contributed by atoms with Crippen molar-refractivity contribution in [2.75, 3.05) is 5.32 Å². The molecule has 0 aliphatic rings. The number of nitrogens with zero attached hydrogens (tertiary/aromatic N) is 3. The van der Waals surface area contributed by atoms with Gasteiger partial charge >= 0.3 is 6.61 Å². The van der Waals surface area contributed by atoms with E-state index in [2.05, 4.69) is 15.2 Å². The van der Waals surface area contributed by atoms with E-state index in [9.17, 15) is 23.7 Å². The maximum Gasteiger partial charge on any atom is 0.387 e. The first kappa shape index (κ1) is 21.2. The number of hydrogen-bond acceptors (Lipinski definition) is 6. The Morgan fingerprint density at radius 3 is 2.37 bits per heavy atom. The highest BCUT2D eigenvalue weighted by atomic mass is 35.5. The van der Waals surface area contributed by atoms with Gasteiger partial charge in [-0.15, -0.1) is 0 Å². The zero-order valence-corrected chi connectivity index (χ0v) is 16.2. The van der Waals surface area contributed by atoms with Crippen LogP contribution in [0.4, 0.5) is 20.2 Å². The second-order valence-electron chi connectivity index (χ2n) is 6.18. The molecule has 30 heavy (non-hydrogen) atoms. The van der Waals surface area contributed by atoms with Crippen molar-refractivity contribution in [3.63, 3.8) is 0 Å². The number of nitro benzene ring substituents is 1. The molecule has 156 valence electrons. The summed E-state index contributed by atoms with van der Waals surface area (Å²) in [4.78, 5) is 22.8. The van der Waals surface area contributed by atoms with Gasteiger partial charge in [-0.3, -0.25) is 14.9 Å². The third kappa shape index (κ3) is 4.71. The van der Waals surface area contributed by atoms with Crippen molar-refractivity contribution < 1.29 is 18.4 Å². The van der Waals surface area contributed by atoms with Crippen LogP contribution >= 0.6 is 11.6 Å². The lowest BCUT2D eigenvalue weighted by Gasteiger charge is -2.17. The number of hydrogen-bond donors (Lipinski definition) is 1. The van der Waals surface area contributed by atoms with Crippen LogP contribution in [0.15, 0.2) is 59.5 Å². The lowest BCUT2D eigenvalue weighted by atomic mass is 10.1. The summed E-state index contributed by atoms with van der Waals surface area (Å²) < 4.78 is 29.8. The summed E-state index contributed by atoms with van der Waals surface area (Å²) in [6.07, 6.45) is 1.36. The van der Waals surface area contributed by atoms with Gasteiger partial charge in [0.1, 0.15) is 10.8 Å². The van der Waals surface area contributed by atoms with Gasteiger partial charge in [-0.25, -0.2) is 0 Å². The number of aromatic nitrogens is 2. The van der Waals surface area contributed by atoms with Crippen LogP contribution in [0.5, 0.6) is 5.75 Å². The van der Waals surface area contributed by atoms with E-state index in [-0.39, 0.29) is 28.2 Å². The predicted octanol–water partition coefficient (Wildman–Crippen LogP) is 4.57. The molecule has 3 rings (SSSR count). The number of halogens is 3. The third-order valence-corrected chi connectivity index (χ3v) is 4.57. The van der Waals surface area contributed by atoms with E-state index in [0.29, 0.717) is 5.69 Å². The first-order valence-electron chi connectivity index (χ1n) is 8.60. The number of benzene rings is 2. The highest BCUT2D eigenvalue weighted by Crippen LogP contribution is 2.25. The fourth-order valence-electron chi connectivity index (χ4n) is 2.69.